The van der Waals surface area contributed by atoms with Crippen molar-refractivity contribution < 1.29 is 4.79 Å². The Bertz CT molecular complexity index is 802. The van der Waals surface area contributed by atoms with Crippen LogP contribution < -0.4 is 5.32 Å². The molecule has 0 unspecified atom stereocenters. The highest BCUT2D eigenvalue weighted by atomic mass is 16.1. The second-order valence-corrected chi connectivity index (χ2v) is 5.27. The summed E-state index contributed by atoms with van der Waals surface area (Å²) >= 11 is 0. The number of fused-ring (bicyclic) bond motifs is 1. The first-order chi connectivity index (χ1) is 10.2. The zero-order chi connectivity index (χ0) is 14.8. The van der Waals surface area contributed by atoms with Gasteiger partial charge in [-0.25, -0.2) is 0 Å². The van der Waals surface area contributed by atoms with Crippen molar-refractivity contribution in [2.24, 2.45) is 0 Å². The third-order valence-corrected chi connectivity index (χ3v) is 3.93. The molecule has 0 amide bonds. The maximum absolute atomic E-state index is 12.4. The van der Waals surface area contributed by atoms with E-state index in [9.17, 15) is 4.79 Å². The van der Waals surface area contributed by atoms with Crippen LogP contribution in [0, 0.1) is 13.8 Å². The summed E-state index contributed by atoms with van der Waals surface area (Å²) in [5.74, 6) is 0.0911. The zero-order valence-corrected chi connectivity index (χ0v) is 12.2. The van der Waals surface area contributed by atoms with Gasteiger partial charge in [-0.05, 0) is 37.1 Å². The monoisotopic (exact) mass is 278 g/mol. The van der Waals surface area contributed by atoms with Crippen LogP contribution in [-0.2, 0) is 0 Å². The molecule has 3 rings (SSSR count). The predicted molar refractivity (Wildman–Crippen MR) is 87.0 cm³/mol. The first-order valence-corrected chi connectivity index (χ1v) is 7.06. The molecule has 3 nitrogen and oxygen atoms in total. The van der Waals surface area contributed by atoms with Crippen LogP contribution in [0.5, 0.6) is 0 Å². The SMILES string of the molecule is Cc1cccc(NCC(=O)c2c[nH]c3ccccc23)c1C. The van der Waals surface area contributed by atoms with Crippen LogP contribution in [0.2, 0.25) is 0 Å². The van der Waals surface area contributed by atoms with Crippen molar-refractivity contribution in [3.63, 3.8) is 0 Å². The molecule has 0 aliphatic rings. The quantitative estimate of drug-likeness (QED) is 0.706. The van der Waals surface area contributed by atoms with E-state index in [0.717, 1.165) is 22.2 Å². The smallest absolute Gasteiger partial charge is 0.183 e. The minimum Gasteiger partial charge on any atom is -0.377 e. The van der Waals surface area contributed by atoms with E-state index in [4.69, 9.17) is 0 Å². The third kappa shape index (κ3) is 2.55. The summed E-state index contributed by atoms with van der Waals surface area (Å²) in [6.45, 7) is 4.43. The number of anilines is 1. The molecule has 3 heteroatoms. The molecule has 0 saturated heterocycles. The number of carbonyl (C=O) groups excluding carboxylic acids is 1. The van der Waals surface area contributed by atoms with E-state index < -0.39 is 0 Å². The normalized spacial score (nSPS) is 10.8. The van der Waals surface area contributed by atoms with Crippen LogP contribution >= 0.6 is 0 Å². The Morgan fingerprint density at radius 3 is 2.76 bits per heavy atom. The fourth-order valence-corrected chi connectivity index (χ4v) is 2.52. The van der Waals surface area contributed by atoms with Crippen molar-refractivity contribution in [1.29, 1.82) is 0 Å². The highest BCUT2D eigenvalue weighted by molar-refractivity contribution is 6.09. The molecular weight excluding hydrogens is 260 g/mol. The Morgan fingerprint density at radius 2 is 1.90 bits per heavy atom. The summed E-state index contributed by atoms with van der Waals surface area (Å²) in [5.41, 5.74) is 5.16. The molecule has 0 bridgehead atoms. The number of rotatable bonds is 4. The molecule has 1 heterocycles. The highest BCUT2D eigenvalue weighted by Crippen LogP contribution is 2.20. The number of hydrogen-bond donors (Lipinski definition) is 2. The Labute approximate surface area is 124 Å². The molecule has 0 spiro atoms. The van der Waals surface area contributed by atoms with E-state index in [0.29, 0.717) is 6.54 Å². The molecule has 106 valence electrons. The summed E-state index contributed by atoms with van der Waals surface area (Å²) < 4.78 is 0. The largest absolute Gasteiger partial charge is 0.377 e. The van der Waals surface area contributed by atoms with Crippen LogP contribution in [0.15, 0.2) is 48.7 Å². The fraction of sp³-hybridized carbons (Fsp3) is 0.167. The van der Waals surface area contributed by atoms with Crippen molar-refractivity contribution in [2.45, 2.75) is 13.8 Å². The number of H-pyrrole nitrogens is 1. The average Bonchev–Trinajstić information content (AvgIpc) is 2.92. The molecule has 2 aromatic carbocycles. The van der Waals surface area contributed by atoms with Crippen LogP contribution in [0.1, 0.15) is 21.5 Å². The standard InChI is InChI=1S/C18H18N2O/c1-12-6-5-9-16(13(12)2)20-11-18(21)15-10-19-17-8-4-3-7-14(15)17/h3-10,19-20H,11H2,1-2H3. The first kappa shape index (κ1) is 13.4. The average molecular weight is 278 g/mol. The van der Waals surface area contributed by atoms with Gasteiger partial charge in [-0.3, -0.25) is 4.79 Å². The number of hydrogen-bond acceptors (Lipinski definition) is 2. The highest BCUT2D eigenvalue weighted by Gasteiger charge is 2.11. The molecule has 0 aliphatic carbocycles. The van der Waals surface area contributed by atoms with E-state index in [1.807, 2.05) is 36.4 Å². The molecule has 21 heavy (non-hydrogen) atoms. The van der Waals surface area contributed by atoms with Gasteiger partial charge in [-0.2, -0.15) is 0 Å². The number of carbonyl (C=O) groups is 1. The minimum absolute atomic E-state index is 0.0911. The van der Waals surface area contributed by atoms with Gasteiger partial charge >= 0.3 is 0 Å². The molecule has 3 aromatic rings. The third-order valence-electron chi connectivity index (χ3n) is 3.93. The van der Waals surface area contributed by atoms with Crippen LogP contribution in [0.4, 0.5) is 5.69 Å². The molecule has 0 aliphatic heterocycles. The van der Waals surface area contributed by atoms with Crippen LogP contribution in [-0.4, -0.2) is 17.3 Å². The van der Waals surface area contributed by atoms with Crippen LogP contribution in [0.3, 0.4) is 0 Å². The molecule has 0 atom stereocenters. The topological polar surface area (TPSA) is 44.9 Å². The zero-order valence-electron chi connectivity index (χ0n) is 12.2. The summed E-state index contributed by atoms with van der Waals surface area (Å²) in [6, 6.07) is 13.9. The second-order valence-electron chi connectivity index (χ2n) is 5.27. The summed E-state index contributed by atoms with van der Waals surface area (Å²) in [6.07, 6.45) is 1.79. The van der Waals surface area contributed by atoms with Gasteiger partial charge in [-0.15, -0.1) is 0 Å². The van der Waals surface area contributed by atoms with Gasteiger partial charge in [0.2, 0.25) is 0 Å². The van der Waals surface area contributed by atoms with Crippen molar-refractivity contribution in [3.8, 4) is 0 Å². The molecule has 1 aromatic heterocycles. The number of Topliss-reactive ketones (excluding diaryl/α,β-unsaturated/α-hetero) is 1. The van der Waals surface area contributed by atoms with Gasteiger partial charge in [-0.1, -0.05) is 30.3 Å². The fourth-order valence-electron chi connectivity index (χ4n) is 2.52. The molecule has 2 N–H and O–H groups in total. The summed E-state index contributed by atoms with van der Waals surface area (Å²) in [5, 5.41) is 4.22. The minimum atomic E-state index is 0.0911. The van der Waals surface area contributed by atoms with E-state index in [1.165, 1.54) is 11.1 Å². The Hall–Kier alpha value is -2.55. The molecule has 0 saturated carbocycles. The molecule has 0 radical (unpaired) electrons. The van der Waals surface area contributed by atoms with Crippen molar-refractivity contribution >= 4 is 22.4 Å². The lowest BCUT2D eigenvalue weighted by molar-refractivity contribution is 0.101. The first-order valence-electron chi connectivity index (χ1n) is 7.06. The van der Waals surface area contributed by atoms with E-state index in [2.05, 4.69) is 30.2 Å². The summed E-state index contributed by atoms with van der Waals surface area (Å²) in [4.78, 5) is 15.5. The number of aromatic nitrogens is 1. The Morgan fingerprint density at radius 1 is 1.10 bits per heavy atom. The van der Waals surface area contributed by atoms with Crippen LogP contribution in [0.25, 0.3) is 10.9 Å². The number of aromatic amines is 1. The number of aryl methyl sites for hydroxylation is 1. The van der Waals surface area contributed by atoms with E-state index >= 15 is 0 Å². The van der Waals surface area contributed by atoms with Crippen molar-refractivity contribution in [3.05, 3.63) is 65.4 Å². The number of para-hydroxylation sites is 1. The lowest BCUT2D eigenvalue weighted by Crippen LogP contribution is -2.14. The van der Waals surface area contributed by atoms with E-state index in [-0.39, 0.29) is 5.78 Å². The van der Waals surface area contributed by atoms with E-state index in [1.54, 1.807) is 6.20 Å². The summed E-state index contributed by atoms with van der Waals surface area (Å²) in [7, 11) is 0. The Balaban J connectivity index is 1.79. The Kier molecular flexibility index (Phi) is 3.48. The number of ketones is 1. The van der Waals surface area contributed by atoms with Crippen molar-refractivity contribution in [1.82, 2.24) is 4.98 Å². The van der Waals surface area contributed by atoms with Crippen molar-refractivity contribution in [2.75, 3.05) is 11.9 Å². The van der Waals surface area contributed by atoms with Gasteiger partial charge in [0.25, 0.3) is 0 Å². The second kappa shape index (κ2) is 5.44. The lowest BCUT2D eigenvalue weighted by Gasteiger charge is -2.10. The maximum Gasteiger partial charge on any atom is 0.183 e. The van der Waals surface area contributed by atoms with Gasteiger partial charge in [0.1, 0.15) is 0 Å². The maximum atomic E-state index is 12.4. The number of benzene rings is 2. The van der Waals surface area contributed by atoms with Gasteiger partial charge in [0.05, 0.1) is 6.54 Å². The van der Waals surface area contributed by atoms with Gasteiger partial charge < -0.3 is 10.3 Å². The predicted octanol–water partition coefficient (Wildman–Crippen LogP) is 4.08. The number of nitrogens with one attached hydrogen (secondary N) is 2. The molecular formula is C18H18N2O. The lowest BCUT2D eigenvalue weighted by atomic mass is 10.1. The molecule has 0 fully saturated rings. The van der Waals surface area contributed by atoms with Gasteiger partial charge in [0.15, 0.2) is 5.78 Å². The van der Waals surface area contributed by atoms with Gasteiger partial charge in [0, 0.05) is 28.4 Å².